The maximum atomic E-state index is 12.3. The first-order valence-corrected chi connectivity index (χ1v) is 9.76. The third kappa shape index (κ3) is 5.50. The van der Waals surface area contributed by atoms with E-state index in [2.05, 4.69) is 36.5 Å². The lowest BCUT2D eigenvalue weighted by molar-refractivity contribution is -0.112. The lowest BCUT2D eigenvalue weighted by atomic mass is 10.1. The Bertz CT molecular complexity index is 1050. The zero-order chi connectivity index (χ0) is 19.9. The Hall–Kier alpha value is -3.00. The second-order valence-electron chi connectivity index (χ2n) is 6.12. The van der Waals surface area contributed by atoms with Crippen molar-refractivity contribution in [2.75, 3.05) is 5.32 Å². The Labute approximate surface area is 173 Å². The number of carbonyl (C=O) groups is 1. The molecule has 0 aromatic heterocycles. The van der Waals surface area contributed by atoms with Crippen LogP contribution < -0.4 is 5.32 Å². The second-order valence-corrected chi connectivity index (χ2v) is 7.70. The van der Waals surface area contributed by atoms with Crippen molar-refractivity contribution in [2.24, 2.45) is 0 Å². The number of benzene rings is 3. The summed E-state index contributed by atoms with van der Waals surface area (Å²) in [6.45, 7) is 2.06. The van der Waals surface area contributed by atoms with Gasteiger partial charge in [-0.25, -0.2) is 0 Å². The van der Waals surface area contributed by atoms with Gasteiger partial charge in [-0.2, -0.15) is 5.26 Å². The van der Waals surface area contributed by atoms with Gasteiger partial charge in [-0.05, 0) is 61.0 Å². The van der Waals surface area contributed by atoms with Gasteiger partial charge in [0.25, 0.3) is 5.91 Å². The summed E-state index contributed by atoms with van der Waals surface area (Å²) < 4.78 is 0. The number of hydrogen-bond donors (Lipinski definition) is 1. The van der Waals surface area contributed by atoms with E-state index in [0.29, 0.717) is 10.7 Å². The van der Waals surface area contributed by atoms with Crippen LogP contribution in [0.5, 0.6) is 0 Å². The molecule has 0 saturated heterocycles. The normalized spacial score (nSPS) is 11.0. The molecule has 1 N–H and O–H groups in total. The van der Waals surface area contributed by atoms with Gasteiger partial charge >= 0.3 is 0 Å². The quantitative estimate of drug-likeness (QED) is 0.398. The highest BCUT2D eigenvalue weighted by atomic mass is 35.5. The van der Waals surface area contributed by atoms with Crippen LogP contribution in [-0.2, 0) is 4.79 Å². The molecule has 3 nitrogen and oxygen atoms in total. The molecule has 28 heavy (non-hydrogen) atoms. The molecule has 0 spiro atoms. The minimum absolute atomic E-state index is 0.0268. The van der Waals surface area contributed by atoms with Crippen molar-refractivity contribution in [2.45, 2.75) is 16.7 Å². The van der Waals surface area contributed by atoms with E-state index in [4.69, 9.17) is 11.6 Å². The molecule has 0 bridgehead atoms. The number of amides is 1. The number of halogens is 1. The Morgan fingerprint density at radius 1 is 1.04 bits per heavy atom. The third-order valence-corrected chi connectivity index (χ3v) is 5.15. The highest BCUT2D eigenvalue weighted by Gasteiger charge is 2.10. The predicted molar refractivity (Wildman–Crippen MR) is 115 cm³/mol. The molecule has 0 aliphatic carbocycles. The molecule has 3 aromatic rings. The number of nitrogens with one attached hydrogen (secondary N) is 1. The first-order valence-electron chi connectivity index (χ1n) is 8.57. The molecule has 0 fully saturated rings. The molecule has 0 aliphatic rings. The molecule has 0 saturated carbocycles. The highest BCUT2D eigenvalue weighted by Crippen LogP contribution is 2.28. The monoisotopic (exact) mass is 404 g/mol. The summed E-state index contributed by atoms with van der Waals surface area (Å²) in [5.41, 5.74) is 2.58. The number of nitrogens with zero attached hydrogens (tertiary/aromatic N) is 1. The van der Waals surface area contributed by atoms with E-state index in [-0.39, 0.29) is 5.57 Å². The van der Waals surface area contributed by atoms with E-state index >= 15 is 0 Å². The van der Waals surface area contributed by atoms with E-state index in [1.807, 2.05) is 30.3 Å². The van der Waals surface area contributed by atoms with E-state index < -0.39 is 5.91 Å². The smallest absolute Gasteiger partial charge is 0.266 e. The Kier molecular flexibility index (Phi) is 6.54. The number of hydrogen-bond acceptors (Lipinski definition) is 3. The van der Waals surface area contributed by atoms with Crippen molar-refractivity contribution in [1.29, 1.82) is 5.26 Å². The summed E-state index contributed by atoms with van der Waals surface area (Å²) in [5, 5.41) is 12.6. The van der Waals surface area contributed by atoms with Gasteiger partial charge < -0.3 is 5.32 Å². The second kappa shape index (κ2) is 9.27. The summed E-state index contributed by atoms with van der Waals surface area (Å²) in [6.07, 6.45) is 1.57. The van der Waals surface area contributed by atoms with Crippen molar-refractivity contribution < 1.29 is 4.79 Å². The Balaban J connectivity index is 1.70. The lowest BCUT2D eigenvalue weighted by Gasteiger charge is -2.05. The number of anilines is 1. The fraction of sp³-hybridized carbons (Fsp3) is 0.0435. The average Bonchev–Trinajstić information content (AvgIpc) is 2.69. The number of aryl methyl sites for hydroxylation is 1. The predicted octanol–water partition coefficient (Wildman–Crippen LogP) is 6.35. The van der Waals surface area contributed by atoms with E-state index in [0.717, 1.165) is 15.4 Å². The molecule has 0 radical (unpaired) electrons. The van der Waals surface area contributed by atoms with E-state index in [9.17, 15) is 10.1 Å². The molecule has 1 amide bonds. The van der Waals surface area contributed by atoms with Crippen LogP contribution in [0.2, 0.25) is 5.02 Å². The van der Waals surface area contributed by atoms with E-state index in [1.54, 1.807) is 42.1 Å². The topological polar surface area (TPSA) is 52.9 Å². The molecule has 0 unspecified atom stereocenters. The van der Waals surface area contributed by atoms with Crippen molar-refractivity contribution in [3.05, 3.63) is 94.5 Å². The maximum Gasteiger partial charge on any atom is 0.266 e. The molecule has 0 aliphatic heterocycles. The van der Waals surface area contributed by atoms with Crippen LogP contribution in [0.25, 0.3) is 6.08 Å². The standard InChI is InChI=1S/C23H17ClN2OS/c1-16-5-9-21(10-6-16)28-22-11-7-17(8-12-22)13-18(15-25)23(27)26-20-4-2-3-19(24)14-20/h2-14H,1H3,(H,26,27)/b18-13-. The van der Waals surface area contributed by atoms with Crippen LogP contribution in [-0.4, -0.2) is 5.91 Å². The highest BCUT2D eigenvalue weighted by molar-refractivity contribution is 7.99. The fourth-order valence-electron chi connectivity index (χ4n) is 2.45. The Morgan fingerprint density at radius 2 is 1.68 bits per heavy atom. The van der Waals surface area contributed by atoms with Gasteiger partial charge in [0.2, 0.25) is 0 Å². The van der Waals surface area contributed by atoms with Crippen LogP contribution in [0, 0.1) is 18.3 Å². The minimum atomic E-state index is -0.470. The fourth-order valence-corrected chi connectivity index (χ4v) is 3.46. The Morgan fingerprint density at radius 3 is 2.29 bits per heavy atom. The first-order chi connectivity index (χ1) is 13.5. The molecule has 5 heteroatoms. The third-order valence-electron chi connectivity index (χ3n) is 3.90. The number of rotatable bonds is 5. The molecule has 3 rings (SSSR count). The van der Waals surface area contributed by atoms with Gasteiger partial charge in [-0.1, -0.05) is 59.3 Å². The van der Waals surface area contributed by atoms with Crippen molar-refractivity contribution in [3.8, 4) is 6.07 Å². The van der Waals surface area contributed by atoms with Crippen molar-refractivity contribution >= 4 is 41.0 Å². The summed E-state index contributed by atoms with van der Waals surface area (Å²) in [7, 11) is 0. The largest absolute Gasteiger partial charge is 0.321 e. The first kappa shape index (κ1) is 19.8. The maximum absolute atomic E-state index is 12.3. The lowest BCUT2D eigenvalue weighted by Crippen LogP contribution is -2.13. The zero-order valence-corrected chi connectivity index (χ0v) is 16.7. The van der Waals surface area contributed by atoms with Crippen LogP contribution >= 0.6 is 23.4 Å². The van der Waals surface area contributed by atoms with Crippen LogP contribution in [0.1, 0.15) is 11.1 Å². The number of carbonyl (C=O) groups excluding carboxylic acids is 1. The molecule has 0 atom stereocenters. The van der Waals surface area contributed by atoms with Gasteiger partial charge in [0.05, 0.1) is 0 Å². The minimum Gasteiger partial charge on any atom is -0.321 e. The van der Waals surface area contributed by atoms with Gasteiger partial charge in [0, 0.05) is 20.5 Å². The molecular weight excluding hydrogens is 388 g/mol. The summed E-state index contributed by atoms with van der Waals surface area (Å²) in [6, 6.07) is 24.8. The summed E-state index contributed by atoms with van der Waals surface area (Å²) >= 11 is 7.58. The van der Waals surface area contributed by atoms with Gasteiger partial charge in [0.1, 0.15) is 11.6 Å². The number of nitriles is 1. The zero-order valence-electron chi connectivity index (χ0n) is 15.1. The van der Waals surface area contributed by atoms with Crippen molar-refractivity contribution in [3.63, 3.8) is 0 Å². The molecule has 0 heterocycles. The van der Waals surface area contributed by atoms with Crippen LogP contribution in [0.15, 0.2) is 88.2 Å². The summed E-state index contributed by atoms with van der Waals surface area (Å²) in [5.74, 6) is -0.470. The van der Waals surface area contributed by atoms with Crippen LogP contribution in [0.3, 0.4) is 0 Å². The SMILES string of the molecule is Cc1ccc(Sc2ccc(/C=C(/C#N)C(=O)Nc3cccc(Cl)c3)cc2)cc1. The molecule has 138 valence electrons. The molecular formula is C23H17ClN2OS. The van der Waals surface area contributed by atoms with Crippen molar-refractivity contribution in [1.82, 2.24) is 0 Å². The van der Waals surface area contributed by atoms with Gasteiger partial charge in [-0.3, -0.25) is 4.79 Å². The summed E-state index contributed by atoms with van der Waals surface area (Å²) in [4.78, 5) is 14.6. The molecule has 3 aromatic carbocycles. The van der Waals surface area contributed by atoms with Crippen LogP contribution in [0.4, 0.5) is 5.69 Å². The van der Waals surface area contributed by atoms with Gasteiger partial charge in [-0.15, -0.1) is 0 Å². The van der Waals surface area contributed by atoms with Gasteiger partial charge in [0.15, 0.2) is 0 Å². The average molecular weight is 405 g/mol. The van der Waals surface area contributed by atoms with E-state index in [1.165, 1.54) is 5.56 Å².